The number of rotatable bonds is 4. The van der Waals surface area contributed by atoms with Gasteiger partial charge in [0.15, 0.2) is 0 Å². The Morgan fingerprint density at radius 2 is 2.24 bits per heavy atom. The summed E-state index contributed by atoms with van der Waals surface area (Å²) in [5.74, 6) is -0.402. The monoisotopic (exact) mass is 325 g/mol. The fourth-order valence-corrected chi connectivity index (χ4v) is 2.82. The Bertz CT molecular complexity index is 702. The van der Waals surface area contributed by atoms with E-state index < -0.39 is 10.8 Å². The highest BCUT2D eigenvalue weighted by molar-refractivity contribution is 7.16. The van der Waals surface area contributed by atoms with E-state index in [0.29, 0.717) is 10.0 Å². The lowest BCUT2D eigenvalue weighted by Gasteiger charge is -2.13. The predicted molar refractivity (Wildman–Crippen MR) is 80.8 cm³/mol. The second kappa shape index (κ2) is 6.19. The minimum atomic E-state index is -0.578. The zero-order valence-corrected chi connectivity index (χ0v) is 12.9. The number of amides is 1. The van der Waals surface area contributed by atoms with Crippen molar-refractivity contribution in [2.24, 2.45) is 0 Å². The number of hydrogen-bond donors (Lipinski definition) is 1. The average Bonchev–Trinajstić information content (AvgIpc) is 2.85. The van der Waals surface area contributed by atoms with Crippen LogP contribution in [0.15, 0.2) is 24.4 Å². The number of thiophene rings is 1. The number of aromatic nitrogens is 1. The van der Waals surface area contributed by atoms with Crippen LogP contribution in [0.5, 0.6) is 0 Å². The molecule has 21 heavy (non-hydrogen) atoms. The lowest BCUT2D eigenvalue weighted by Crippen LogP contribution is -2.27. The first-order valence-electron chi connectivity index (χ1n) is 6.05. The molecular formula is C13H12ClN3O3S. The number of carbonyl (C=O) groups is 1. The number of hydrogen-bond acceptors (Lipinski definition) is 5. The van der Waals surface area contributed by atoms with Crippen LogP contribution in [-0.2, 0) is 0 Å². The van der Waals surface area contributed by atoms with Gasteiger partial charge in [-0.1, -0.05) is 11.6 Å². The maximum absolute atomic E-state index is 12.2. The van der Waals surface area contributed by atoms with E-state index in [4.69, 9.17) is 11.6 Å². The van der Waals surface area contributed by atoms with Crippen molar-refractivity contribution >= 4 is 34.5 Å². The Hall–Kier alpha value is -1.99. The molecule has 2 heterocycles. The summed E-state index contributed by atoms with van der Waals surface area (Å²) in [4.78, 5) is 27.2. The number of halogens is 1. The summed E-state index contributed by atoms with van der Waals surface area (Å²) in [6, 6.07) is 4.57. The van der Waals surface area contributed by atoms with Gasteiger partial charge in [0.1, 0.15) is 6.20 Å². The van der Waals surface area contributed by atoms with E-state index in [1.54, 1.807) is 13.0 Å². The van der Waals surface area contributed by atoms with Gasteiger partial charge in [-0.25, -0.2) is 0 Å². The molecule has 1 N–H and O–H groups in total. The highest BCUT2D eigenvalue weighted by Gasteiger charge is 2.18. The zero-order valence-electron chi connectivity index (χ0n) is 11.3. The molecule has 0 aliphatic heterocycles. The first kappa shape index (κ1) is 15.4. The molecule has 0 spiro atoms. The van der Waals surface area contributed by atoms with Gasteiger partial charge in [0, 0.05) is 10.9 Å². The van der Waals surface area contributed by atoms with Crippen molar-refractivity contribution in [3.05, 3.63) is 55.0 Å². The minimum absolute atomic E-state index is 0.193. The van der Waals surface area contributed by atoms with Crippen LogP contribution in [0.1, 0.15) is 33.9 Å². The molecule has 0 saturated carbocycles. The summed E-state index contributed by atoms with van der Waals surface area (Å²) in [7, 11) is 0. The summed E-state index contributed by atoms with van der Waals surface area (Å²) >= 11 is 7.23. The highest BCUT2D eigenvalue weighted by Crippen LogP contribution is 2.27. The highest BCUT2D eigenvalue weighted by atomic mass is 35.5. The number of nitrogens with zero attached hydrogens (tertiary/aromatic N) is 2. The zero-order chi connectivity index (χ0) is 15.6. The molecule has 0 aliphatic carbocycles. The maximum Gasteiger partial charge on any atom is 0.288 e. The first-order chi connectivity index (χ1) is 9.88. The lowest BCUT2D eigenvalue weighted by atomic mass is 10.1. The van der Waals surface area contributed by atoms with Crippen LogP contribution >= 0.6 is 22.9 Å². The fourth-order valence-electron chi connectivity index (χ4n) is 1.76. The topological polar surface area (TPSA) is 85.1 Å². The summed E-state index contributed by atoms with van der Waals surface area (Å²) in [6.07, 6.45) is 1.13. The second-order valence-corrected chi connectivity index (χ2v) is 6.17. The van der Waals surface area contributed by atoms with Gasteiger partial charge >= 0.3 is 0 Å². The van der Waals surface area contributed by atoms with Crippen molar-refractivity contribution in [2.75, 3.05) is 0 Å². The number of nitrogens with one attached hydrogen (secondary N) is 1. The van der Waals surface area contributed by atoms with E-state index >= 15 is 0 Å². The Labute approximate surface area is 129 Å². The molecule has 1 atom stereocenters. The maximum atomic E-state index is 12.2. The summed E-state index contributed by atoms with van der Waals surface area (Å²) < 4.78 is 0.638. The quantitative estimate of drug-likeness (QED) is 0.688. The third-order valence-corrected chi connectivity index (χ3v) is 4.31. The lowest BCUT2D eigenvalue weighted by molar-refractivity contribution is -0.385. The number of carbonyl (C=O) groups excluding carboxylic acids is 1. The van der Waals surface area contributed by atoms with Gasteiger partial charge in [0.05, 0.1) is 26.6 Å². The molecule has 0 saturated heterocycles. The van der Waals surface area contributed by atoms with E-state index in [0.717, 1.165) is 11.1 Å². The first-order valence-corrected chi connectivity index (χ1v) is 7.25. The van der Waals surface area contributed by atoms with Crippen LogP contribution in [-0.4, -0.2) is 15.8 Å². The van der Waals surface area contributed by atoms with Crippen molar-refractivity contribution in [2.45, 2.75) is 19.9 Å². The van der Waals surface area contributed by atoms with Gasteiger partial charge in [0.25, 0.3) is 11.6 Å². The number of nitro groups is 1. The van der Waals surface area contributed by atoms with E-state index in [1.165, 1.54) is 17.4 Å². The molecule has 6 nitrogen and oxygen atoms in total. The van der Waals surface area contributed by atoms with Crippen LogP contribution in [0.4, 0.5) is 5.69 Å². The molecule has 2 aromatic heterocycles. The third-order valence-electron chi connectivity index (χ3n) is 2.90. The molecule has 0 aliphatic rings. The molecule has 0 fully saturated rings. The third kappa shape index (κ3) is 3.56. The standard InChI is InChI=1S/C13H12ClN3O3S/c1-7-10(5-9(6-15-7)17(19)20)13(18)16-8(2)11-3-4-12(14)21-11/h3-6,8H,1-2H3,(H,16,18). The van der Waals surface area contributed by atoms with E-state index in [-0.39, 0.29) is 17.3 Å². The van der Waals surface area contributed by atoms with E-state index in [9.17, 15) is 14.9 Å². The molecule has 0 bridgehead atoms. The van der Waals surface area contributed by atoms with Gasteiger partial charge < -0.3 is 5.32 Å². The van der Waals surface area contributed by atoms with Crippen LogP contribution < -0.4 is 5.32 Å². The van der Waals surface area contributed by atoms with Crippen LogP contribution in [0, 0.1) is 17.0 Å². The summed E-state index contributed by atoms with van der Waals surface area (Å²) in [6.45, 7) is 3.45. The molecule has 0 aromatic carbocycles. The predicted octanol–water partition coefficient (Wildman–Crippen LogP) is 3.50. The minimum Gasteiger partial charge on any atom is -0.345 e. The largest absolute Gasteiger partial charge is 0.345 e. The Morgan fingerprint density at radius 3 is 2.81 bits per heavy atom. The molecule has 1 unspecified atom stereocenters. The smallest absolute Gasteiger partial charge is 0.288 e. The van der Waals surface area contributed by atoms with Crippen LogP contribution in [0.3, 0.4) is 0 Å². The van der Waals surface area contributed by atoms with Crippen LogP contribution in [0.2, 0.25) is 4.34 Å². The Balaban J connectivity index is 2.20. The van der Waals surface area contributed by atoms with Gasteiger partial charge in [-0.3, -0.25) is 19.9 Å². The fraction of sp³-hybridized carbons (Fsp3) is 0.231. The molecule has 8 heteroatoms. The molecule has 110 valence electrons. The van der Waals surface area contributed by atoms with Gasteiger partial charge in [-0.15, -0.1) is 11.3 Å². The van der Waals surface area contributed by atoms with Crippen molar-refractivity contribution in [3.63, 3.8) is 0 Å². The molecule has 2 rings (SSSR count). The van der Waals surface area contributed by atoms with Crippen molar-refractivity contribution in [1.82, 2.24) is 10.3 Å². The van der Waals surface area contributed by atoms with E-state index in [2.05, 4.69) is 10.3 Å². The van der Waals surface area contributed by atoms with Crippen molar-refractivity contribution in [3.8, 4) is 0 Å². The van der Waals surface area contributed by atoms with Gasteiger partial charge in [0.2, 0.25) is 0 Å². The van der Waals surface area contributed by atoms with E-state index in [1.807, 2.05) is 13.0 Å². The molecule has 2 aromatic rings. The van der Waals surface area contributed by atoms with Gasteiger partial charge in [-0.05, 0) is 26.0 Å². The number of aryl methyl sites for hydroxylation is 1. The average molecular weight is 326 g/mol. The van der Waals surface area contributed by atoms with Crippen molar-refractivity contribution < 1.29 is 9.72 Å². The SMILES string of the molecule is Cc1ncc([N+](=O)[O-])cc1C(=O)NC(C)c1ccc(Cl)s1. The Kier molecular flexibility index (Phi) is 4.54. The molecular weight excluding hydrogens is 314 g/mol. The number of pyridine rings is 1. The van der Waals surface area contributed by atoms with Crippen LogP contribution in [0.25, 0.3) is 0 Å². The Morgan fingerprint density at radius 1 is 1.52 bits per heavy atom. The summed E-state index contributed by atoms with van der Waals surface area (Å²) in [5.41, 5.74) is 0.422. The van der Waals surface area contributed by atoms with Gasteiger partial charge in [-0.2, -0.15) is 0 Å². The normalized spacial score (nSPS) is 12.0. The molecule has 1 amide bonds. The van der Waals surface area contributed by atoms with Crippen molar-refractivity contribution in [1.29, 1.82) is 0 Å². The summed E-state index contributed by atoms with van der Waals surface area (Å²) in [5, 5.41) is 13.5. The molecule has 0 radical (unpaired) electrons. The second-order valence-electron chi connectivity index (χ2n) is 4.42.